The molecule has 3 heterocycles. The molecular weight excluding hydrogens is 342 g/mol. The highest BCUT2D eigenvalue weighted by molar-refractivity contribution is 6.10. The number of ether oxygens (including phenoxy) is 2. The van der Waals surface area contributed by atoms with Gasteiger partial charge in [0.1, 0.15) is 17.0 Å². The molecule has 4 rings (SSSR count). The van der Waals surface area contributed by atoms with Crippen molar-refractivity contribution in [2.45, 2.75) is 33.0 Å². The van der Waals surface area contributed by atoms with Crippen LogP contribution < -0.4 is 4.90 Å². The third-order valence-electron chi connectivity index (χ3n) is 5.07. The molecule has 6 nitrogen and oxygen atoms in total. The van der Waals surface area contributed by atoms with E-state index in [1.54, 1.807) is 0 Å². The second kappa shape index (κ2) is 6.85. The molecule has 0 aliphatic carbocycles. The molecule has 1 saturated heterocycles. The maximum Gasteiger partial charge on any atom is 0.341 e. The number of fused-ring (bicyclic) bond motifs is 3. The number of hydrogen-bond donors (Lipinski definition) is 0. The number of aryl methyl sites for hydroxylation is 1. The average Bonchev–Trinajstić information content (AvgIpc) is 2.92. The summed E-state index contributed by atoms with van der Waals surface area (Å²) in [6.45, 7) is 7.63. The molecule has 0 N–H and O–H groups in total. The molecule has 3 aromatic rings. The Hall–Kier alpha value is -2.60. The van der Waals surface area contributed by atoms with Crippen LogP contribution in [0.3, 0.4) is 0 Å². The minimum Gasteiger partial charge on any atom is -0.462 e. The summed E-state index contributed by atoms with van der Waals surface area (Å²) in [7, 11) is 2.01. The van der Waals surface area contributed by atoms with Gasteiger partial charge in [-0.3, -0.25) is 0 Å². The predicted molar refractivity (Wildman–Crippen MR) is 106 cm³/mol. The van der Waals surface area contributed by atoms with Crippen LogP contribution in [0.25, 0.3) is 21.9 Å². The van der Waals surface area contributed by atoms with Gasteiger partial charge in [0.15, 0.2) is 0 Å². The van der Waals surface area contributed by atoms with Crippen molar-refractivity contribution in [1.82, 2.24) is 9.55 Å². The molecule has 1 aliphatic rings. The number of morpholine rings is 1. The molecule has 0 unspecified atom stereocenters. The number of anilines is 1. The van der Waals surface area contributed by atoms with Crippen LogP contribution in [0.5, 0.6) is 0 Å². The van der Waals surface area contributed by atoms with Crippen LogP contribution in [0, 0.1) is 0 Å². The van der Waals surface area contributed by atoms with Crippen molar-refractivity contribution in [3.05, 3.63) is 35.9 Å². The summed E-state index contributed by atoms with van der Waals surface area (Å²) < 4.78 is 13.3. The van der Waals surface area contributed by atoms with E-state index in [0.29, 0.717) is 31.1 Å². The zero-order chi connectivity index (χ0) is 19.1. The Labute approximate surface area is 158 Å². The number of aromatic nitrogens is 2. The van der Waals surface area contributed by atoms with Crippen LogP contribution in [-0.4, -0.2) is 47.4 Å². The van der Waals surface area contributed by atoms with Crippen LogP contribution in [0.15, 0.2) is 30.3 Å². The molecule has 0 saturated carbocycles. The van der Waals surface area contributed by atoms with E-state index in [9.17, 15) is 4.79 Å². The largest absolute Gasteiger partial charge is 0.462 e. The number of para-hydroxylation sites is 1. The van der Waals surface area contributed by atoms with E-state index in [2.05, 4.69) is 21.6 Å². The first-order chi connectivity index (χ1) is 13.0. The van der Waals surface area contributed by atoms with Gasteiger partial charge in [-0.05, 0) is 32.9 Å². The van der Waals surface area contributed by atoms with Crippen LogP contribution in [0.1, 0.15) is 31.1 Å². The summed E-state index contributed by atoms with van der Waals surface area (Å²) in [5, 5.41) is 2.05. The monoisotopic (exact) mass is 367 g/mol. The number of carbonyl (C=O) groups excluding carboxylic acids is 1. The summed E-state index contributed by atoms with van der Waals surface area (Å²) in [6, 6.07) is 10.1. The second-order valence-electron chi connectivity index (χ2n) is 7.19. The van der Waals surface area contributed by atoms with E-state index in [1.165, 1.54) is 0 Å². The zero-order valence-electron chi connectivity index (χ0n) is 16.2. The first kappa shape index (κ1) is 17.8. The molecule has 0 amide bonds. The van der Waals surface area contributed by atoms with Crippen molar-refractivity contribution >= 4 is 33.7 Å². The summed E-state index contributed by atoms with van der Waals surface area (Å²) in [4.78, 5) is 19.8. The van der Waals surface area contributed by atoms with Crippen LogP contribution in [-0.2, 0) is 16.5 Å². The van der Waals surface area contributed by atoms with Gasteiger partial charge in [-0.25, -0.2) is 9.78 Å². The Morgan fingerprint density at radius 2 is 1.93 bits per heavy atom. The minimum absolute atomic E-state index is 0.0776. The number of carbonyl (C=O) groups is 1. The number of nitrogens with zero attached hydrogens (tertiary/aromatic N) is 3. The Balaban J connectivity index is 1.95. The number of esters is 1. The SMILES string of the molecule is CCOC(=O)c1cc2c3ccccc3n(C)c2nc1N1C[C@@H](C)O[C@@H](C)C1. The first-order valence-corrected chi connectivity index (χ1v) is 9.45. The highest BCUT2D eigenvalue weighted by atomic mass is 16.5. The molecule has 1 aliphatic heterocycles. The van der Waals surface area contributed by atoms with Gasteiger partial charge in [0, 0.05) is 30.9 Å². The van der Waals surface area contributed by atoms with Gasteiger partial charge >= 0.3 is 5.97 Å². The summed E-state index contributed by atoms with van der Waals surface area (Å²) in [6.07, 6.45) is 0.155. The van der Waals surface area contributed by atoms with E-state index in [-0.39, 0.29) is 18.2 Å². The number of pyridine rings is 1. The van der Waals surface area contributed by atoms with E-state index in [4.69, 9.17) is 14.5 Å². The molecule has 2 aromatic heterocycles. The average molecular weight is 367 g/mol. The molecule has 142 valence electrons. The van der Waals surface area contributed by atoms with Crippen LogP contribution in [0.4, 0.5) is 5.82 Å². The van der Waals surface area contributed by atoms with Gasteiger partial charge in [-0.1, -0.05) is 18.2 Å². The molecule has 1 aromatic carbocycles. The van der Waals surface area contributed by atoms with E-state index < -0.39 is 0 Å². The third kappa shape index (κ3) is 3.04. The van der Waals surface area contributed by atoms with Gasteiger partial charge in [0.2, 0.25) is 0 Å². The van der Waals surface area contributed by atoms with Crippen molar-refractivity contribution in [2.24, 2.45) is 7.05 Å². The van der Waals surface area contributed by atoms with Crippen molar-refractivity contribution in [3.63, 3.8) is 0 Å². The molecule has 0 bridgehead atoms. The fraction of sp³-hybridized carbons (Fsp3) is 0.429. The molecule has 2 atom stereocenters. The summed E-state index contributed by atoms with van der Waals surface area (Å²) in [5.74, 6) is 0.343. The highest BCUT2D eigenvalue weighted by Gasteiger charge is 2.28. The first-order valence-electron chi connectivity index (χ1n) is 9.45. The lowest BCUT2D eigenvalue weighted by molar-refractivity contribution is -0.00558. The van der Waals surface area contributed by atoms with E-state index in [0.717, 1.165) is 21.9 Å². The van der Waals surface area contributed by atoms with Gasteiger partial charge in [0.25, 0.3) is 0 Å². The quantitative estimate of drug-likeness (QED) is 0.663. The van der Waals surface area contributed by atoms with Gasteiger partial charge in [0.05, 0.1) is 24.3 Å². The van der Waals surface area contributed by atoms with Crippen molar-refractivity contribution in [3.8, 4) is 0 Å². The van der Waals surface area contributed by atoms with E-state index >= 15 is 0 Å². The Morgan fingerprint density at radius 3 is 2.63 bits per heavy atom. The van der Waals surface area contributed by atoms with E-state index in [1.807, 2.05) is 46.0 Å². The lowest BCUT2D eigenvalue weighted by Crippen LogP contribution is -2.46. The fourth-order valence-electron chi connectivity index (χ4n) is 4.01. The second-order valence-corrected chi connectivity index (χ2v) is 7.19. The Morgan fingerprint density at radius 1 is 1.22 bits per heavy atom. The number of benzene rings is 1. The smallest absolute Gasteiger partial charge is 0.341 e. The van der Waals surface area contributed by atoms with Crippen LogP contribution >= 0.6 is 0 Å². The summed E-state index contributed by atoms with van der Waals surface area (Å²) in [5.41, 5.74) is 2.48. The standard InChI is InChI=1S/C21H25N3O3/c1-5-26-21(25)17-10-16-15-8-6-7-9-18(15)23(4)19(16)22-20(17)24-11-13(2)27-14(3)12-24/h6-10,13-14H,5,11-12H2,1-4H3/t13-,14+. The lowest BCUT2D eigenvalue weighted by atomic mass is 10.1. The molecule has 0 spiro atoms. The van der Waals surface area contributed by atoms with Gasteiger partial charge in [-0.15, -0.1) is 0 Å². The van der Waals surface area contributed by atoms with Gasteiger partial charge in [-0.2, -0.15) is 0 Å². The van der Waals surface area contributed by atoms with Crippen LogP contribution in [0.2, 0.25) is 0 Å². The molecule has 27 heavy (non-hydrogen) atoms. The molecule has 0 radical (unpaired) electrons. The lowest BCUT2D eigenvalue weighted by Gasteiger charge is -2.36. The Bertz CT molecular complexity index is 1000. The number of hydrogen-bond acceptors (Lipinski definition) is 5. The zero-order valence-corrected chi connectivity index (χ0v) is 16.2. The number of rotatable bonds is 3. The van der Waals surface area contributed by atoms with Gasteiger partial charge < -0.3 is 18.9 Å². The van der Waals surface area contributed by atoms with Crippen molar-refractivity contribution in [1.29, 1.82) is 0 Å². The summed E-state index contributed by atoms with van der Waals surface area (Å²) >= 11 is 0. The molecule has 6 heteroatoms. The maximum absolute atomic E-state index is 12.7. The maximum atomic E-state index is 12.7. The van der Waals surface area contributed by atoms with Crippen molar-refractivity contribution < 1.29 is 14.3 Å². The minimum atomic E-state index is -0.332. The molecule has 1 fully saturated rings. The highest BCUT2D eigenvalue weighted by Crippen LogP contribution is 2.32. The predicted octanol–water partition coefficient (Wildman–Crippen LogP) is 3.52. The fourth-order valence-corrected chi connectivity index (χ4v) is 4.01. The molecular formula is C21H25N3O3. The third-order valence-corrected chi connectivity index (χ3v) is 5.07. The normalized spacial score (nSPS) is 20.4. The topological polar surface area (TPSA) is 56.6 Å². The van der Waals surface area contributed by atoms with Crippen molar-refractivity contribution in [2.75, 3.05) is 24.6 Å². The Kier molecular flexibility index (Phi) is 4.52.